The number of methoxy groups -OCH3 is 1. The molecule has 0 aromatic heterocycles. The Balaban J connectivity index is 2.63. The molecule has 0 spiro atoms. The normalized spacial score (nSPS) is 11.1. The van der Waals surface area contributed by atoms with Gasteiger partial charge in [0.1, 0.15) is 11.5 Å². The molecule has 0 aliphatic rings. The molecule has 0 atom stereocenters. The van der Waals surface area contributed by atoms with Crippen LogP contribution in [0.1, 0.15) is 5.56 Å². The summed E-state index contributed by atoms with van der Waals surface area (Å²) in [4.78, 5) is 11.0. The largest absolute Gasteiger partial charge is 0.507 e. The molecular formula is C15H13F3N2O3. The first-order chi connectivity index (χ1) is 10.7. The second-order valence-electron chi connectivity index (χ2n) is 4.63. The van der Waals surface area contributed by atoms with E-state index in [0.29, 0.717) is 5.75 Å². The minimum Gasteiger partial charge on any atom is -0.507 e. The summed E-state index contributed by atoms with van der Waals surface area (Å²) in [5.74, 6) is 0.0406. The zero-order valence-corrected chi connectivity index (χ0v) is 11.9. The van der Waals surface area contributed by atoms with Crippen LogP contribution in [0.15, 0.2) is 36.4 Å². The zero-order chi connectivity index (χ0) is 17.2. The number of amides is 2. The number of anilines is 1. The maximum absolute atomic E-state index is 12.9. The van der Waals surface area contributed by atoms with Crippen LogP contribution in [0.4, 0.5) is 23.7 Å². The van der Waals surface area contributed by atoms with Gasteiger partial charge in [-0.25, -0.2) is 4.79 Å². The third-order valence-corrected chi connectivity index (χ3v) is 3.10. The molecule has 2 aromatic rings. The van der Waals surface area contributed by atoms with Crippen LogP contribution in [-0.4, -0.2) is 18.2 Å². The van der Waals surface area contributed by atoms with E-state index in [4.69, 9.17) is 10.5 Å². The molecule has 0 heterocycles. The van der Waals surface area contributed by atoms with Gasteiger partial charge in [-0.15, -0.1) is 0 Å². The molecule has 0 fully saturated rings. The minimum atomic E-state index is -4.57. The van der Waals surface area contributed by atoms with Crippen LogP contribution in [0.25, 0.3) is 11.1 Å². The molecule has 0 saturated heterocycles. The third kappa shape index (κ3) is 3.65. The van der Waals surface area contributed by atoms with Gasteiger partial charge in [0.05, 0.1) is 18.4 Å². The summed E-state index contributed by atoms with van der Waals surface area (Å²) in [6.45, 7) is 0. The van der Waals surface area contributed by atoms with Crippen molar-refractivity contribution in [3.05, 3.63) is 42.0 Å². The highest BCUT2D eigenvalue weighted by Crippen LogP contribution is 2.40. The number of benzene rings is 2. The molecular weight excluding hydrogens is 313 g/mol. The lowest BCUT2D eigenvalue weighted by Crippen LogP contribution is -2.20. The van der Waals surface area contributed by atoms with Crippen LogP contribution in [-0.2, 0) is 6.18 Å². The number of nitrogens with one attached hydrogen (secondary N) is 1. The van der Waals surface area contributed by atoms with Crippen LogP contribution in [0.2, 0.25) is 0 Å². The van der Waals surface area contributed by atoms with E-state index in [1.165, 1.54) is 25.3 Å². The Morgan fingerprint density at radius 3 is 2.39 bits per heavy atom. The number of aromatic hydroxyl groups is 1. The standard InChI is InChI=1S/C15H13F3N2O3/c1-23-9-3-4-10(13(21)7-9)11-6-8(15(16,17)18)2-5-12(11)20-14(19)22/h2-7,21H,1H3,(H3,19,20,22). The van der Waals surface area contributed by atoms with Gasteiger partial charge in [-0.3, -0.25) is 0 Å². The van der Waals surface area contributed by atoms with Gasteiger partial charge in [0.15, 0.2) is 0 Å². The highest BCUT2D eigenvalue weighted by molar-refractivity contribution is 5.94. The molecule has 5 nitrogen and oxygen atoms in total. The second kappa shape index (κ2) is 6.07. The predicted molar refractivity (Wildman–Crippen MR) is 78.3 cm³/mol. The van der Waals surface area contributed by atoms with Crippen molar-refractivity contribution >= 4 is 11.7 Å². The average molecular weight is 326 g/mol. The summed E-state index contributed by atoms with van der Waals surface area (Å²) in [7, 11) is 1.39. The Hall–Kier alpha value is -2.90. The first-order valence-electron chi connectivity index (χ1n) is 6.37. The van der Waals surface area contributed by atoms with Gasteiger partial charge in [-0.2, -0.15) is 13.2 Å². The molecule has 2 aromatic carbocycles. The summed E-state index contributed by atoms with van der Waals surface area (Å²) in [6, 6.07) is 5.90. The van der Waals surface area contributed by atoms with Crippen molar-refractivity contribution in [1.29, 1.82) is 0 Å². The third-order valence-electron chi connectivity index (χ3n) is 3.10. The molecule has 0 radical (unpaired) electrons. The lowest BCUT2D eigenvalue weighted by atomic mass is 9.99. The van der Waals surface area contributed by atoms with Crippen LogP contribution in [0.5, 0.6) is 11.5 Å². The van der Waals surface area contributed by atoms with Gasteiger partial charge < -0.3 is 20.9 Å². The smallest absolute Gasteiger partial charge is 0.416 e. The van der Waals surface area contributed by atoms with E-state index < -0.39 is 17.8 Å². The van der Waals surface area contributed by atoms with Crippen LogP contribution < -0.4 is 15.8 Å². The molecule has 2 rings (SSSR count). The van der Waals surface area contributed by atoms with Gasteiger partial charge >= 0.3 is 12.2 Å². The van der Waals surface area contributed by atoms with Gasteiger partial charge in [-0.1, -0.05) is 0 Å². The fraction of sp³-hybridized carbons (Fsp3) is 0.133. The van der Waals surface area contributed by atoms with Crippen molar-refractivity contribution in [2.24, 2.45) is 5.73 Å². The van der Waals surface area contributed by atoms with Crippen LogP contribution in [0, 0.1) is 0 Å². The Bertz CT molecular complexity index is 745. The average Bonchev–Trinajstić information content (AvgIpc) is 2.46. The fourth-order valence-electron chi connectivity index (χ4n) is 2.05. The Morgan fingerprint density at radius 2 is 1.87 bits per heavy atom. The molecule has 0 unspecified atom stereocenters. The monoisotopic (exact) mass is 326 g/mol. The number of ether oxygens (including phenoxy) is 1. The van der Waals surface area contributed by atoms with Crippen molar-refractivity contribution in [1.82, 2.24) is 0 Å². The Kier molecular flexibility index (Phi) is 4.35. The van der Waals surface area contributed by atoms with Crippen molar-refractivity contribution in [2.45, 2.75) is 6.18 Å². The molecule has 2 amide bonds. The Labute approximate surface area is 129 Å². The number of carbonyl (C=O) groups is 1. The number of nitrogens with two attached hydrogens (primary N) is 1. The number of phenols is 1. The Morgan fingerprint density at radius 1 is 1.17 bits per heavy atom. The number of primary amides is 1. The summed E-state index contributed by atoms with van der Waals surface area (Å²) in [5, 5.41) is 12.3. The second-order valence-corrected chi connectivity index (χ2v) is 4.63. The number of halogens is 3. The predicted octanol–water partition coefficient (Wildman–Crippen LogP) is 3.58. The molecule has 8 heteroatoms. The number of urea groups is 1. The van der Waals surface area contributed by atoms with Crippen LogP contribution >= 0.6 is 0 Å². The van der Waals surface area contributed by atoms with E-state index in [0.717, 1.165) is 18.2 Å². The number of phenolic OH excluding ortho intramolecular Hbond substituents is 1. The van der Waals surface area contributed by atoms with E-state index in [-0.39, 0.29) is 22.6 Å². The lowest BCUT2D eigenvalue weighted by molar-refractivity contribution is -0.137. The molecule has 23 heavy (non-hydrogen) atoms. The summed E-state index contributed by atoms with van der Waals surface area (Å²) < 4.78 is 43.6. The molecule has 0 aliphatic carbocycles. The molecule has 122 valence electrons. The van der Waals surface area contributed by atoms with Gasteiger partial charge in [0, 0.05) is 17.2 Å². The highest BCUT2D eigenvalue weighted by Gasteiger charge is 2.31. The first kappa shape index (κ1) is 16.5. The van der Waals surface area contributed by atoms with Crippen molar-refractivity contribution in [3.8, 4) is 22.6 Å². The quantitative estimate of drug-likeness (QED) is 0.806. The summed E-state index contributed by atoms with van der Waals surface area (Å²) in [6.07, 6.45) is -4.57. The van der Waals surface area contributed by atoms with Crippen molar-refractivity contribution in [3.63, 3.8) is 0 Å². The summed E-state index contributed by atoms with van der Waals surface area (Å²) >= 11 is 0. The number of hydrogen-bond acceptors (Lipinski definition) is 3. The molecule has 4 N–H and O–H groups in total. The zero-order valence-electron chi connectivity index (χ0n) is 11.9. The minimum absolute atomic E-state index is 0.0150. The van der Waals surface area contributed by atoms with E-state index in [2.05, 4.69) is 5.32 Å². The first-order valence-corrected chi connectivity index (χ1v) is 6.37. The molecule has 0 saturated carbocycles. The number of carbonyl (C=O) groups excluding carboxylic acids is 1. The fourth-order valence-corrected chi connectivity index (χ4v) is 2.05. The maximum Gasteiger partial charge on any atom is 0.416 e. The van der Waals surface area contributed by atoms with E-state index in [1.54, 1.807) is 0 Å². The van der Waals surface area contributed by atoms with E-state index in [1.807, 2.05) is 0 Å². The highest BCUT2D eigenvalue weighted by atomic mass is 19.4. The number of rotatable bonds is 3. The SMILES string of the molecule is COc1ccc(-c2cc(C(F)(F)F)ccc2NC(N)=O)c(O)c1. The topological polar surface area (TPSA) is 84.6 Å². The van der Waals surface area contributed by atoms with Crippen molar-refractivity contribution in [2.75, 3.05) is 12.4 Å². The van der Waals surface area contributed by atoms with Gasteiger partial charge in [0.2, 0.25) is 0 Å². The van der Waals surface area contributed by atoms with E-state index >= 15 is 0 Å². The number of hydrogen-bond donors (Lipinski definition) is 3. The van der Waals surface area contributed by atoms with Gasteiger partial charge in [0.25, 0.3) is 0 Å². The molecule has 0 aliphatic heterocycles. The maximum atomic E-state index is 12.9. The molecule has 0 bridgehead atoms. The number of alkyl halides is 3. The van der Waals surface area contributed by atoms with Crippen molar-refractivity contribution < 1.29 is 27.8 Å². The summed E-state index contributed by atoms with van der Waals surface area (Å²) in [5.41, 5.74) is 4.24. The van der Waals surface area contributed by atoms with E-state index in [9.17, 15) is 23.1 Å². The van der Waals surface area contributed by atoms with Gasteiger partial charge in [-0.05, 0) is 30.3 Å². The lowest BCUT2D eigenvalue weighted by Gasteiger charge is -2.15. The van der Waals surface area contributed by atoms with Crippen LogP contribution in [0.3, 0.4) is 0 Å².